The van der Waals surface area contributed by atoms with E-state index in [2.05, 4.69) is 5.32 Å². The van der Waals surface area contributed by atoms with Gasteiger partial charge < -0.3 is 26.4 Å². The number of hydrogen-bond donors (Lipinski definition) is 5. The van der Waals surface area contributed by atoms with Crippen LogP contribution in [-0.4, -0.2) is 52.8 Å². The summed E-state index contributed by atoms with van der Waals surface area (Å²) in [5, 5.41) is 30.3. The van der Waals surface area contributed by atoms with Gasteiger partial charge in [-0.15, -0.1) is 0 Å². The maximum atomic E-state index is 9.26. The Morgan fingerprint density at radius 3 is 2.45 bits per heavy atom. The van der Waals surface area contributed by atoms with Gasteiger partial charge in [-0.3, -0.25) is 0 Å². The number of hydrogen-bond acceptors (Lipinski definition) is 5. The molecule has 0 bridgehead atoms. The zero-order valence-corrected chi connectivity index (χ0v) is 6.14. The Balaban J connectivity index is 2.52. The summed E-state index contributed by atoms with van der Waals surface area (Å²) < 4.78 is 0. The number of aliphatic hydroxyl groups excluding tert-OH is 3. The van der Waals surface area contributed by atoms with E-state index in [0.717, 1.165) is 0 Å². The van der Waals surface area contributed by atoms with Gasteiger partial charge in [0.2, 0.25) is 0 Å². The van der Waals surface area contributed by atoms with Crippen LogP contribution in [-0.2, 0) is 0 Å². The molecule has 0 aromatic rings. The first kappa shape index (κ1) is 8.89. The molecule has 66 valence electrons. The molecule has 5 nitrogen and oxygen atoms in total. The molecular weight excluding hydrogens is 148 g/mol. The smallest absolute Gasteiger partial charge is 0.109 e. The summed E-state index contributed by atoms with van der Waals surface area (Å²) in [5.74, 6) is 0. The molecule has 1 fully saturated rings. The Morgan fingerprint density at radius 1 is 1.27 bits per heavy atom. The number of aliphatic hydroxyl groups is 3. The van der Waals surface area contributed by atoms with Crippen LogP contribution in [0, 0.1) is 0 Å². The van der Waals surface area contributed by atoms with Crippen molar-refractivity contribution in [3.8, 4) is 0 Å². The van der Waals surface area contributed by atoms with Gasteiger partial charge in [0.05, 0.1) is 12.2 Å². The summed E-state index contributed by atoms with van der Waals surface area (Å²) in [7, 11) is 0. The van der Waals surface area contributed by atoms with E-state index in [1.54, 1.807) is 0 Å². The normalized spacial score (nSPS) is 45.8. The molecule has 0 radical (unpaired) electrons. The minimum Gasteiger partial charge on any atom is -0.389 e. The van der Waals surface area contributed by atoms with E-state index in [0.29, 0.717) is 0 Å². The highest BCUT2D eigenvalue weighted by Gasteiger charge is 2.35. The molecule has 0 aliphatic carbocycles. The van der Waals surface area contributed by atoms with Gasteiger partial charge in [0.1, 0.15) is 6.10 Å². The molecule has 5 heteroatoms. The molecule has 4 atom stereocenters. The first-order chi connectivity index (χ1) is 5.16. The number of nitrogens with two attached hydrogens (primary N) is 1. The number of rotatable bonds is 1. The standard InChI is InChI=1S/C6H14N2O3/c7-1-3-5(10)6(11)4(9)2-8-3/h3-6,8-11H,1-2,7H2/t3-,4+,5-,6+/m1/s1. The summed E-state index contributed by atoms with van der Waals surface area (Å²) in [6.07, 6.45) is -2.94. The van der Waals surface area contributed by atoms with Crippen molar-refractivity contribution in [2.75, 3.05) is 13.1 Å². The van der Waals surface area contributed by atoms with Gasteiger partial charge in [-0.05, 0) is 0 Å². The van der Waals surface area contributed by atoms with Crippen molar-refractivity contribution in [2.24, 2.45) is 5.73 Å². The molecule has 0 aromatic heterocycles. The van der Waals surface area contributed by atoms with Gasteiger partial charge in [-0.1, -0.05) is 0 Å². The zero-order valence-electron chi connectivity index (χ0n) is 6.14. The minimum absolute atomic E-state index is 0.255. The molecule has 1 heterocycles. The average Bonchev–Trinajstić information content (AvgIpc) is 2.01. The van der Waals surface area contributed by atoms with Crippen molar-refractivity contribution in [3.63, 3.8) is 0 Å². The second-order valence-electron chi connectivity index (χ2n) is 2.80. The molecule has 0 spiro atoms. The highest BCUT2D eigenvalue weighted by molar-refractivity contribution is 4.92. The lowest BCUT2D eigenvalue weighted by atomic mass is 9.96. The fraction of sp³-hybridized carbons (Fsp3) is 1.00. The van der Waals surface area contributed by atoms with E-state index in [1.165, 1.54) is 0 Å². The lowest BCUT2D eigenvalue weighted by molar-refractivity contribution is -0.0923. The van der Waals surface area contributed by atoms with E-state index in [4.69, 9.17) is 15.9 Å². The van der Waals surface area contributed by atoms with E-state index >= 15 is 0 Å². The first-order valence-corrected chi connectivity index (χ1v) is 3.64. The van der Waals surface area contributed by atoms with Gasteiger partial charge in [0.25, 0.3) is 0 Å². The van der Waals surface area contributed by atoms with E-state index in [-0.39, 0.29) is 19.1 Å². The van der Waals surface area contributed by atoms with Gasteiger partial charge >= 0.3 is 0 Å². The fourth-order valence-electron chi connectivity index (χ4n) is 1.20. The maximum absolute atomic E-state index is 9.26. The second kappa shape index (κ2) is 3.46. The molecule has 11 heavy (non-hydrogen) atoms. The van der Waals surface area contributed by atoms with Gasteiger partial charge in [-0.25, -0.2) is 0 Å². The van der Waals surface area contributed by atoms with Crippen LogP contribution >= 0.6 is 0 Å². The van der Waals surface area contributed by atoms with Crippen molar-refractivity contribution in [3.05, 3.63) is 0 Å². The lowest BCUT2D eigenvalue weighted by Crippen LogP contribution is -2.61. The molecule has 1 aliphatic heterocycles. The molecule has 6 N–H and O–H groups in total. The highest BCUT2D eigenvalue weighted by Crippen LogP contribution is 2.09. The van der Waals surface area contributed by atoms with Gasteiger partial charge in [0, 0.05) is 19.1 Å². The summed E-state index contributed by atoms with van der Waals surface area (Å²) in [5.41, 5.74) is 5.29. The van der Waals surface area contributed by atoms with Crippen molar-refractivity contribution in [1.82, 2.24) is 5.32 Å². The van der Waals surface area contributed by atoms with Crippen LogP contribution in [0.5, 0.6) is 0 Å². The second-order valence-corrected chi connectivity index (χ2v) is 2.80. The summed E-state index contributed by atoms with van der Waals surface area (Å²) >= 11 is 0. The quantitative estimate of drug-likeness (QED) is 0.283. The van der Waals surface area contributed by atoms with Gasteiger partial charge in [-0.2, -0.15) is 0 Å². The molecule has 0 unspecified atom stereocenters. The number of piperidine rings is 1. The number of β-amino-alcohol motifs (C(OH)–C–C–N with tert-alkyl or cyclic N) is 1. The van der Waals surface area contributed by atoms with Crippen LogP contribution in [0.25, 0.3) is 0 Å². The van der Waals surface area contributed by atoms with Crippen LogP contribution in [0.4, 0.5) is 0 Å². The zero-order chi connectivity index (χ0) is 8.43. The molecule has 0 saturated carbocycles. The third-order valence-corrected chi connectivity index (χ3v) is 2.00. The third-order valence-electron chi connectivity index (χ3n) is 2.00. The predicted molar refractivity (Wildman–Crippen MR) is 38.9 cm³/mol. The molecule has 0 amide bonds. The Morgan fingerprint density at radius 2 is 1.91 bits per heavy atom. The van der Waals surface area contributed by atoms with Crippen molar-refractivity contribution >= 4 is 0 Å². The van der Waals surface area contributed by atoms with E-state index in [9.17, 15) is 5.11 Å². The minimum atomic E-state index is -1.08. The van der Waals surface area contributed by atoms with Crippen LogP contribution < -0.4 is 11.1 Å². The molecule has 1 aliphatic rings. The average molecular weight is 162 g/mol. The molecule has 1 saturated heterocycles. The third kappa shape index (κ3) is 1.69. The maximum Gasteiger partial charge on any atom is 0.109 e. The van der Waals surface area contributed by atoms with Crippen LogP contribution in [0.3, 0.4) is 0 Å². The largest absolute Gasteiger partial charge is 0.389 e. The summed E-state index contributed by atoms with van der Waals surface area (Å²) in [6, 6.07) is -0.312. The lowest BCUT2D eigenvalue weighted by Gasteiger charge is -2.35. The Labute approximate surface area is 64.8 Å². The van der Waals surface area contributed by atoms with Crippen LogP contribution in [0.1, 0.15) is 0 Å². The number of nitrogens with one attached hydrogen (secondary N) is 1. The predicted octanol–water partition coefficient (Wildman–Crippen LogP) is -3.00. The highest BCUT2D eigenvalue weighted by atomic mass is 16.4. The molecule has 0 aromatic carbocycles. The van der Waals surface area contributed by atoms with Crippen LogP contribution in [0.15, 0.2) is 0 Å². The Bertz CT molecular complexity index is 131. The van der Waals surface area contributed by atoms with Gasteiger partial charge in [0.15, 0.2) is 0 Å². The monoisotopic (exact) mass is 162 g/mol. The Kier molecular flexibility index (Phi) is 2.80. The van der Waals surface area contributed by atoms with E-state index in [1.807, 2.05) is 0 Å². The SMILES string of the molecule is NC[C@H]1NC[C@H](O)[C@H](O)[C@@H]1O. The fourth-order valence-corrected chi connectivity index (χ4v) is 1.20. The topological polar surface area (TPSA) is 98.7 Å². The molecule has 1 rings (SSSR count). The Hall–Kier alpha value is -0.200. The summed E-state index contributed by atoms with van der Waals surface area (Å²) in [6.45, 7) is 0.533. The van der Waals surface area contributed by atoms with Crippen molar-refractivity contribution in [1.29, 1.82) is 0 Å². The van der Waals surface area contributed by atoms with Crippen molar-refractivity contribution in [2.45, 2.75) is 24.4 Å². The molecular formula is C6H14N2O3. The van der Waals surface area contributed by atoms with Crippen molar-refractivity contribution < 1.29 is 15.3 Å². The van der Waals surface area contributed by atoms with E-state index < -0.39 is 18.3 Å². The first-order valence-electron chi connectivity index (χ1n) is 3.64. The van der Waals surface area contributed by atoms with Crippen LogP contribution in [0.2, 0.25) is 0 Å². The summed E-state index contributed by atoms with van der Waals surface area (Å²) in [4.78, 5) is 0.